The Morgan fingerprint density at radius 1 is 1.27 bits per heavy atom. The summed E-state index contributed by atoms with van der Waals surface area (Å²) in [7, 11) is -1.29. The van der Waals surface area contributed by atoms with Crippen LogP contribution in [0.15, 0.2) is 18.2 Å². The molecule has 0 unspecified atom stereocenters. The van der Waals surface area contributed by atoms with E-state index in [0.29, 0.717) is 11.3 Å². The second-order valence-corrected chi connectivity index (χ2v) is 7.70. The fraction of sp³-hybridized carbons (Fsp3) is 0.533. The van der Waals surface area contributed by atoms with Crippen LogP contribution in [-0.2, 0) is 10.0 Å². The molecule has 0 saturated carbocycles. The summed E-state index contributed by atoms with van der Waals surface area (Å²) in [6, 6.07) is 5.22. The molecule has 0 bridgehead atoms. The molecule has 1 amide bonds. The van der Waals surface area contributed by atoms with Gasteiger partial charge in [0.15, 0.2) is 0 Å². The number of likely N-dealkylation sites (tertiary alicyclic amines) is 1. The molecule has 2 N–H and O–H groups in total. The molecule has 1 fully saturated rings. The summed E-state index contributed by atoms with van der Waals surface area (Å²) in [5.41, 5.74) is 1.69. The standard InChI is InChI=1S/C15H23N3O3S/c1-11-4-5-12(10-14(11)17-22(3,20)21)15(19)16-13-6-8-18(2)9-7-13/h4-5,10,13,17H,6-9H2,1-3H3,(H,16,19). The molecular weight excluding hydrogens is 302 g/mol. The van der Waals surface area contributed by atoms with Crippen LogP contribution in [0.4, 0.5) is 5.69 Å². The second kappa shape index (κ2) is 6.66. The molecule has 1 aliphatic heterocycles. The number of benzene rings is 1. The number of hydrogen-bond acceptors (Lipinski definition) is 4. The van der Waals surface area contributed by atoms with Gasteiger partial charge < -0.3 is 10.2 Å². The molecule has 1 aromatic rings. The van der Waals surface area contributed by atoms with E-state index in [2.05, 4.69) is 22.0 Å². The van der Waals surface area contributed by atoms with E-state index in [9.17, 15) is 13.2 Å². The third kappa shape index (κ3) is 4.71. The van der Waals surface area contributed by atoms with E-state index in [0.717, 1.165) is 37.8 Å². The second-order valence-electron chi connectivity index (χ2n) is 5.95. The number of hydrogen-bond donors (Lipinski definition) is 2. The van der Waals surface area contributed by atoms with Crippen molar-refractivity contribution in [2.75, 3.05) is 31.1 Å². The molecule has 0 aliphatic carbocycles. The Morgan fingerprint density at radius 2 is 1.91 bits per heavy atom. The summed E-state index contributed by atoms with van der Waals surface area (Å²) < 4.78 is 25.2. The van der Waals surface area contributed by atoms with Gasteiger partial charge in [-0.15, -0.1) is 0 Å². The third-order valence-corrected chi connectivity index (χ3v) is 4.44. The fourth-order valence-electron chi connectivity index (χ4n) is 2.49. The van der Waals surface area contributed by atoms with Crippen LogP contribution in [0.1, 0.15) is 28.8 Å². The largest absolute Gasteiger partial charge is 0.349 e. The van der Waals surface area contributed by atoms with Gasteiger partial charge >= 0.3 is 0 Å². The van der Waals surface area contributed by atoms with Crippen LogP contribution in [0.2, 0.25) is 0 Å². The summed E-state index contributed by atoms with van der Waals surface area (Å²) in [4.78, 5) is 14.6. The number of anilines is 1. The minimum absolute atomic E-state index is 0.161. The number of rotatable bonds is 4. The van der Waals surface area contributed by atoms with Crippen molar-refractivity contribution in [2.24, 2.45) is 0 Å². The minimum Gasteiger partial charge on any atom is -0.349 e. The summed E-state index contributed by atoms with van der Waals surface area (Å²) in [6.45, 7) is 3.74. The maximum absolute atomic E-state index is 12.3. The fourth-order valence-corrected chi connectivity index (χ4v) is 3.11. The predicted octanol–water partition coefficient (Wildman–Crippen LogP) is 1.19. The van der Waals surface area contributed by atoms with E-state index in [1.165, 1.54) is 0 Å². The Labute approximate surface area is 131 Å². The molecule has 0 radical (unpaired) electrons. The molecule has 1 heterocycles. The van der Waals surface area contributed by atoms with Crippen LogP contribution in [0.3, 0.4) is 0 Å². The third-order valence-electron chi connectivity index (χ3n) is 3.85. The quantitative estimate of drug-likeness (QED) is 0.872. The molecule has 0 aromatic heterocycles. The summed E-state index contributed by atoms with van der Waals surface area (Å²) in [6.07, 6.45) is 2.96. The highest BCUT2D eigenvalue weighted by molar-refractivity contribution is 7.92. The van der Waals surface area contributed by atoms with Gasteiger partial charge in [-0.3, -0.25) is 9.52 Å². The summed E-state index contributed by atoms with van der Waals surface area (Å²) >= 11 is 0. The van der Waals surface area contributed by atoms with Crippen LogP contribution in [0, 0.1) is 6.92 Å². The monoisotopic (exact) mass is 325 g/mol. The van der Waals surface area contributed by atoms with Crippen molar-refractivity contribution in [1.82, 2.24) is 10.2 Å². The van der Waals surface area contributed by atoms with Crippen molar-refractivity contribution in [1.29, 1.82) is 0 Å². The topological polar surface area (TPSA) is 78.5 Å². The Bertz CT molecular complexity index is 650. The first kappa shape index (κ1) is 16.8. The van der Waals surface area contributed by atoms with Gasteiger partial charge in [0.1, 0.15) is 0 Å². The van der Waals surface area contributed by atoms with E-state index in [-0.39, 0.29) is 11.9 Å². The van der Waals surface area contributed by atoms with E-state index >= 15 is 0 Å². The van der Waals surface area contributed by atoms with Crippen LogP contribution in [0.25, 0.3) is 0 Å². The van der Waals surface area contributed by atoms with Gasteiger partial charge in [-0.2, -0.15) is 0 Å². The Morgan fingerprint density at radius 3 is 2.50 bits per heavy atom. The number of piperidine rings is 1. The first-order valence-electron chi connectivity index (χ1n) is 7.32. The first-order chi connectivity index (χ1) is 10.2. The number of nitrogens with zero attached hydrogens (tertiary/aromatic N) is 1. The number of carbonyl (C=O) groups excluding carboxylic acids is 1. The summed E-state index contributed by atoms with van der Waals surface area (Å²) in [5, 5.41) is 3.02. The normalized spacial score (nSPS) is 17.2. The van der Waals surface area contributed by atoms with Crippen LogP contribution < -0.4 is 10.0 Å². The van der Waals surface area contributed by atoms with Crippen molar-refractivity contribution in [3.05, 3.63) is 29.3 Å². The van der Waals surface area contributed by atoms with Gasteiger partial charge in [0.2, 0.25) is 10.0 Å². The number of sulfonamides is 1. The first-order valence-corrected chi connectivity index (χ1v) is 9.21. The Balaban J connectivity index is 2.08. The lowest BCUT2D eigenvalue weighted by molar-refractivity contribution is 0.0917. The molecule has 122 valence electrons. The van der Waals surface area contributed by atoms with Gasteiger partial charge in [-0.25, -0.2) is 8.42 Å². The SMILES string of the molecule is Cc1ccc(C(=O)NC2CCN(C)CC2)cc1NS(C)(=O)=O. The minimum atomic E-state index is -3.36. The van der Waals surface area contributed by atoms with E-state index in [4.69, 9.17) is 0 Å². The van der Waals surface area contributed by atoms with Crippen molar-refractivity contribution in [3.8, 4) is 0 Å². The molecule has 22 heavy (non-hydrogen) atoms. The Kier molecular flexibility index (Phi) is 5.08. The number of amides is 1. The number of aryl methyl sites for hydroxylation is 1. The van der Waals surface area contributed by atoms with Gasteiger partial charge in [-0.05, 0) is 57.6 Å². The molecule has 0 spiro atoms. The van der Waals surface area contributed by atoms with Crippen LogP contribution in [-0.4, -0.2) is 51.7 Å². The molecule has 1 aromatic carbocycles. The Hall–Kier alpha value is -1.60. The van der Waals surface area contributed by atoms with Crippen LogP contribution in [0.5, 0.6) is 0 Å². The number of nitrogens with one attached hydrogen (secondary N) is 2. The molecule has 1 saturated heterocycles. The van der Waals surface area contributed by atoms with E-state index in [1.54, 1.807) is 25.1 Å². The molecule has 7 heteroatoms. The molecule has 0 atom stereocenters. The highest BCUT2D eigenvalue weighted by atomic mass is 32.2. The van der Waals surface area contributed by atoms with E-state index in [1.807, 2.05) is 0 Å². The summed E-state index contributed by atoms with van der Waals surface area (Å²) in [5.74, 6) is -0.161. The van der Waals surface area contributed by atoms with Crippen LogP contribution >= 0.6 is 0 Å². The van der Waals surface area contributed by atoms with Crippen molar-refractivity contribution < 1.29 is 13.2 Å². The lowest BCUT2D eigenvalue weighted by atomic mass is 10.0. The average Bonchev–Trinajstić information content (AvgIpc) is 2.42. The zero-order valence-electron chi connectivity index (χ0n) is 13.2. The predicted molar refractivity (Wildman–Crippen MR) is 87.6 cm³/mol. The van der Waals surface area contributed by atoms with Crippen molar-refractivity contribution >= 4 is 21.6 Å². The van der Waals surface area contributed by atoms with Gasteiger partial charge in [0.25, 0.3) is 5.91 Å². The van der Waals surface area contributed by atoms with Crippen molar-refractivity contribution in [2.45, 2.75) is 25.8 Å². The lowest BCUT2D eigenvalue weighted by Crippen LogP contribution is -2.43. The zero-order chi connectivity index (χ0) is 16.3. The van der Waals surface area contributed by atoms with Gasteiger partial charge in [-0.1, -0.05) is 6.07 Å². The smallest absolute Gasteiger partial charge is 0.251 e. The average molecular weight is 325 g/mol. The maximum Gasteiger partial charge on any atom is 0.251 e. The lowest BCUT2D eigenvalue weighted by Gasteiger charge is -2.29. The highest BCUT2D eigenvalue weighted by Gasteiger charge is 2.19. The van der Waals surface area contributed by atoms with Gasteiger partial charge in [0.05, 0.1) is 11.9 Å². The maximum atomic E-state index is 12.3. The number of carbonyl (C=O) groups is 1. The molecule has 2 rings (SSSR count). The van der Waals surface area contributed by atoms with Crippen molar-refractivity contribution in [3.63, 3.8) is 0 Å². The molecular formula is C15H23N3O3S. The zero-order valence-corrected chi connectivity index (χ0v) is 14.0. The molecule has 6 nitrogen and oxygen atoms in total. The van der Waals surface area contributed by atoms with E-state index < -0.39 is 10.0 Å². The van der Waals surface area contributed by atoms with Gasteiger partial charge in [0, 0.05) is 11.6 Å². The molecule has 1 aliphatic rings. The highest BCUT2D eigenvalue weighted by Crippen LogP contribution is 2.18.